The normalized spacial score (nSPS) is 11.8. The van der Waals surface area contributed by atoms with Crippen LogP contribution in [0.15, 0.2) is 47.6 Å². The van der Waals surface area contributed by atoms with E-state index in [1.165, 1.54) is 0 Å². The van der Waals surface area contributed by atoms with Gasteiger partial charge in [-0.25, -0.2) is 0 Å². The Morgan fingerprint density at radius 3 is 2.62 bits per heavy atom. The molecule has 1 unspecified atom stereocenters. The Bertz CT molecular complexity index is 614. The Labute approximate surface area is 128 Å². The zero-order valence-corrected chi connectivity index (χ0v) is 13.1. The summed E-state index contributed by atoms with van der Waals surface area (Å²) in [6.07, 6.45) is 4.80. The molecule has 0 saturated carbocycles. The maximum absolute atomic E-state index is 12.1. The van der Waals surface area contributed by atoms with Gasteiger partial charge in [0.2, 0.25) is 0 Å². The highest BCUT2D eigenvalue weighted by Gasteiger charge is 2.15. The number of amides is 1. The fourth-order valence-electron chi connectivity index (χ4n) is 1.76. The number of carbonyl (C=O) groups excluding carboxylic acids is 1. The molecule has 0 saturated heterocycles. The van der Waals surface area contributed by atoms with Crippen LogP contribution in [0.1, 0.15) is 12.5 Å². The summed E-state index contributed by atoms with van der Waals surface area (Å²) >= 11 is 1.67. The lowest BCUT2D eigenvalue weighted by Crippen LogP contribution is -2.30. The monoisotopic (exact) mass is 302 g/mol. The van der Waals surface area contributed by atoms with E-state index in [0.29, 0.717) is 5.75 Å². The SMILES string of the molecule is CSc1ccc(OC(C)C(=O)Nc2ccncc2C)cc1. The molecule has 0 aliphatic rings. The first-order valence-corrected chi connectivity index (χ1v) is 7.85. The molecule has 0 fully saturated rings. The Morgan fingerprint density at radius 2 is 2.00 bits per heavy atom. The van der Waals surface area contributed by atoms with Crippen LogP contribution in [0.3, 0.4) is 0 Å². The summed E-state index contributed by atoms with van der Waals surface area (Å²) in [5.74, 6) is 0.500. The number of carbonyl (C=O) groups is 1. The zero-order chi connectivity index (χ0) is 15.2. The van der Waals surface area contributed by atoms with E-state index in [0.717, 1.165) is 16.1 Å². The zero-order valence-electron chi connectivity index (χ0n) is 12.3. The summed E-state index contributed by atoms with van der Waals surface area (Å²) in [6, 6.07) is 9.45. The molecule has 1 aromatic heterocycles. The number of nitrogens with zero attached hydrogens (tertiary/aromatic N) is 1. The smallest absolute Gasteiger partial charge is 0.265 e. The van der Waals surface area contributed by atoms with Gasteiger partial charge in [0, 0.05) is 23.0 Å². The van der Waals surface area contributed by atoms with Crippen LogP contribution >= 0.6 is 11.8 Å². The van der Waals surface area contributed by atoms with Gasteiger partial charge in [-0.05, 0) is 56.0 Å². The van der Waals surface area contributed by atoms with Gasteiger partial charge >= 0.3 is 0 Å². The summed E-state index contributed by atoms with van der Waals surface area (Å²) in [5.41, 5.74) is 1.67. The van der Waals surface area contributed by atoms with Crippen LogP contribution in [0, 0.1) is 6.92 Å². The first-order valence-electron chi connectivity index (χ1n) is 6.62. The number of hydrogen-bond donors (Lipinski definition) is 1. The van der Waals surface area contributed by atoms with E-state index in [9.17, 15) is 4.79 Å². The van der Waals surface area contributed by atoms with Crippen molar-refractivity contribution in [3.05, 3.63) is 48.3 Å². The average Bonchev–Trinajstić information content (AvgIpc) is 2.50. The van der Waals surface area contributed by atoms with E-state index in [-0.39, 0.29) is 5.91 Å². The van der Waals surface area contributed by atoms with E-state index >= 15 is 0 Å². The summed E-state index contributed by atoms with van der Waals surface area (Å²) < 4.78 is 5.65. The fourth-order valence-corrected chi connectivity index (χ4v) is 2.17. The molecule has 4 nitrogen and oxygen atoms in total. The first-order chi connectivity index (χ1) is 10.1. The summed E-state index contributed by atoms with van der Waals surface area (Å²) in [6.45, 7) is 3.63. The summed E-state index contributed by atoms with van der Waals surface area (Å²) in [7, 11) is 0. The van der Waals surface area contributed by atoms with Crippen molar-refractivity contribution < 1.29 is 9.53 Å². The molecule has 2 aromatic rings. The van der Waals surface area contributed by atoms with Gasteiger partial charge in [0.15, 0.2) is 6.10 Å². The van der Waals surface area contributed by atoms with Crippen molar-refractivity contribution in [3.63, 3.8) is 0 Å². The molecular formula is C16H18N2O2S. The Morgan fingerprint density at radius 1 is 1.29 bits per heavy atom. The number of nitrogens with one attached hydrogen (secondary N) is 1. The number of benzene rings is 1. The molecule has 1 N–H and O–H groups in total. The van der Waals surface area contributed by atoms with Crippen molar-refractivity contribution in [2.75, 3.05) is 11.6 Å². The number of rotatable bonds is 5. The second-order valence-corrected chi connectivity index (χ2v) is 5.50. The lowest BCUT2D eigenvalue weighted by molar-refractivity contribution is -0.122. The van der Waals surface area contributed by atoms with Crippen LogP contribution in [-0.2, 0) is 4.79 Å². The number of aryl methyl sites for hydroxylation is 1. The van der Waals surface area contributed by atoms with E-state index in [1.807, 2.05) is 37.4 Å². The quantitative estimate of drug-likeness (QED) is 0.859. The number of pyridine rings is 1. The van der Waals surface area contributed by atoms with Gasteiger partial charge in [0.25, 0.3) is 5.91 Å². The maximum Gasteiger partial charge on any atom is 0.265 e. The third-order valence-electron chi connectivity index (χ3n) is 3.02. The molecule has 0 spiro atoms. The molecule has 110 valence electrons. The van der Waals surface area contributed by atoms with Crippen molar-refractivity contribution in [2.24, 2.45) is 0 Å². The van der Waals surface area contributed by atoms with Gasteiger partial charge in [0.1, 0.15) is 5.75 Å². The van der Waals surface area contributed by atoms with Gasteiger partial charge in [-0.3, -0.25) is 9.78 Å². The van der Waals surface area contributed by atoms with E-state index < -0.39 is 6.10 Å². The highest BCUT2D eigenvalue weighted by Crippen LogP contribution is 2.20. The highest BCUT2D eigenvalue weighted by atomic mass is 32.2. The van der Waals surface area contributed by atoms with Crippen molar-refractivity contribution in [1.29, 1.82) is 0 Å². The lowest BCUT2D eigenvalue weighted by atomic mass is 10.2. The average molecular weight is 302 g/mol. The number of thioether (sulfide) groups is 1. The summed E-state index contributed by atoms with van der Waals surface area (Å²) in [5, 5.41) is 2.84. The molecule has 0 aliphatic heterocycles. The van der Waals surface area contributed by atoms with Crippen molar-refractivity contribution in [2.45, 2.75) is 24.8 Å². The second kappa shape index (κ2) is 7.13. The molecule has 5 heteroatoms. The molecule has 0 radical (unpaired) electrons. The molecule has 1 amide bonds. The van der Waals surface area contributed by atoms with Crippen molar-refractivity contribution in [3.8, 4) is 5.75 Å². The van der Waals surface area contributed by atoms with Crippen LogP contribution < -0.4 is 10.1 Å². The van der Waals surface area contributed by atoms with Crippen molar-refractivity contribution in [1.82, 2.24) is 4.98 Å². The molecular weight excluding hydrogens is 284 g/mol. The minimum absolute atomic E-state index is 0.182. The number of aromatic nitrogens is 1. The number of anilines is 1. The van der Waals surface area contributed by atoms with Crippen molar-refractivity contribution >= 4 is 23.4 Å². The minimum atomic E-state index is -0.572. The van der Waals surface area contributed by atoms with Crippen LogP contribution in [0.25, 0.3) is 0 Å². The topological polar surface area (TPSA) is 51.2 Å². The molecule has 0 bridgehead atoms. The first kappa shape index (κ1) is 15.4. The predicted octanol–water partition coefficient (Wildman–Crippen LogP) is 3.52. The van der Waals surface area contributed by atoms with Crippen LogP contribution in [-0.4, -0.2) is 23.3 Å². The lowest BCUT2D eigenvalue weighted by Gasteiger charge is -2.15. The highest BCUT2D eigenvalue weighted by molar-refractivity contribution is 7.98. The third-order valence-corrected chi connectivity index (χ3v) is 3.76. The molecule has 21 heavy (non-hydrogen) atoms. The third kappa shape index (κ3) is 4.23. The molecule has 0 aliphatic carbocycles. The standard InChI is InChI=1S/C16H18N2O2S/c1-11-10-17-9-8-15(11)18-16(19)12(2)20-13-4-6-14(21-3)7-5-13/h4-10,12H,1-3H3,(H,17,18,19). The molecule has 2 rings (SSSR count). The van der Waals surface area contributed by atoms with Gasteiger partial charge in [-0.1, -0.05) is 0 Å². The van der Waals surface area contributed by atoms with Gasteiger partial charge < -0.3 is 10.1 Å². The maximum atomic E-state index is 12.1. The second-order valence-electron chi connectivity index (χ2n) is 4.62. The molecule has 1 aromatic carbocycles. The molecule has 1 atom stereocenters. The van der Waals surface area contributed by atoms with E-state index in [2.05, 4.69) is 10.3 Å². The number of hydrogen-bond acceptors (Lipinski definition) is 4. The Hall–Kier alpha value is -2.01. The van der Waals surface area contributed by atoms with Crippen LogP contribution in [0.4, 0.5) is 5.69 Å². The van der Waals surface area contributed by atoms with Gasteiger partial charge in [-0.2, -0.15) is 0 Å². The Kier molecular flexibility index (Phi) is 5.22. The van der Waals surface area contributed by atoms with Gasteiger partial charge in [0.05, 0.1) is 0 Å². The number of ether oxygens (including phenoxy) is 1. The fraction of sp³-hybridized carbons (Fsp3) is 0.250. The summed E-state index contributed by atoms with van der Waals surface area (Å²) in [4.78, 5) is 17.3. The predicted molar refractivity (Wildman–Crippen MR) is 85.9 cm³/mol. The van der Waals surface area contributed by atoms with Gasteiger partial charge in [-0.15, -0.1) is 11.8 Å². The molecule has 1 heterocycles. The Balaban J connectivity index is 1.97. The minimum Gasteiger partial charge on any atom is -0.481 e. The largest absolute Gasteiger partial charge is 0.481 e. The van der Waals surface area contributed by atoms with E-state index in [1.54, 1.807) is 37.1 Å². The van der Waals surface area contributed by atoms with Crippen LogP contribution in [0.5, 0.6) is 5.75 Å². The van der Waals surface area contributed by atoms with Crippen LogP contribution in [0.2, 0.25) is 0 Å². The van der Waals surface area contributed by atoms with E-state index in [4.69, 9.17) is 4.74 Å².